The highest BCUT2D eigenvalue weighted by Gasteiger charge is 2.21. The van der Waals surface area contributed by atoms with E-state index in [2.05, 4.69) is 141 Å². The molecule has 0 aliphatic heterocycles. The average molecular weight is 491 g/mol. The first-order valence-electron chi connectivity index (χ1n) is 10.9. The second-order valence-corrected chi connectivity index (χ2v) is 8.42. The van der Waals surface area contributed by atoms with Crippen molar-refractivity contribution in [2.45, 2.75) is 0 Å². The zero-order valence-electron chi connectivity index (χ0n) is 18.1. The fourth-order valence-electron chi connectivity index (χ4n) is 4.02. The molecular weight excluding hydrogens is 468 g/mol. The number of benzene rings is 5. The van der Waals surface area contributed by atoms with Gasteiger partial charge < -0.3 is 9.80 Å². The Morgan fingerprint density at radius 1 is 0.333 bits per heavy atom. The summed E-state index contributed by atoms with van der Waals surface area (Å²) in [5.74, 6) is 0. The van der Waals surface area contributed by atoms with Crippen LogP contribution in [-0.4, -0.2) is 0 Å². The van der Waals surface area contributed by atoms with Crippen molar-refractivity contribution in [3.8, 4) is 0 Å². The lowest BCUT2D eigenvalue weighted by atomic mass is 10.1. The van der Waals surface area contributed by atoms with Crippen LogP contribution in [0.1, 0.15) is 0 Å². The number of halogens is 1. The van der Waals surface area contributed by atoms with Gasteiger partial charge in [0.15, 0.2) is 0 Å². The van der Waals surface area contributed by atoms with Crippen LogP contribution in [0.2, 0.25) is 0 Å². The smallest absolute Gasteiger partial charge is 0.0656 e. The molecule has 0 aliphatic rings. The van der Waals surface area contributed by atoms with Gasteiger partial charge in [-0.15, -0.1) is 0 Å². The molecule has 0 atom stereocenters. The molecule has 0 unspecified atom stereocenters. The number of nitrogens with zero attached hydrogens (tertiary/aromatic N) is 2. The summed E-state index contributed by atoms with van der Waals surface area (Å²) < 4.78 is 1.02. The first-order valence-corrected chi connectivity index (χ1v) is 11.7. The van der Waals surface area contributed by atoms with Gasteiger partial charge in [-0.3, -0.25) is 0 Å². The monoisotopic (exact) mass is 490 g/mol. The number of para-hydroxylation sites is 4. The number of anilines is 6. The molecule has 33 heavy (non-hydrogen) atoms. The molecule has 0 aliphatic carbocycles. The number of hydrogen-bond donors (Lipinski definition) is 0. The molecule has 0 spiro atoms. The van der Waals surface area contributed by atoms with Gasteiger partial charge in [0.2, 0.25) is 0 Å². The van der Waals surface area contributed by atoms with E-state index in [1.807, 2.05) is 24.3 Å². The van der Waals surface area contributed by atoms with Gasteiger partial charge in [-0.2, -0.15) is 0 Å². The molecule has 0 bridgehead atoms. The Bertz CT molecular complexity index is 1130. The Kier molecular flexibility index (Phi) is 6.23. The molecule has 5 rings (SSSR count). The van der Waals surface area contributed by atoms with Crippen LogP contribution in [0.3, 0.4) is 0 Å². The van der Waals surface area contributed by atoms with E-state index in [1.165, 1.54) is 0 Å². The topological polar surface area (TPSA) is 6.48 Å². The normalized spacial score (nSPS) is 10.6. The standard InChI is InChI=1S/C30H23BrN2/c31-30-28(32(24-14-5-1-6-15-24)25-16-7-2-8-17-25)22-13-23-29(30)33(26-18-9-3-10-19-26)27-20-11-4-12-21-27/h1-23H. The van der Waals surface area contributed by atoms with E-state index in [1.54, 1.807) is 0 Å². The van der Waals surface area contributed by atoms with Gasteiger partial charge in [0.25, 0.3) is 0 Å². The van der Waals surface area contributed by atoms with E-state index in [4.69, 9.17) is 0 Å². The summed E-state index contributed by atoms with van der Waals surface area (Å²) in [5, 5.41) is 0. The van der Waals surface area contributed by atoms with Crippen LogP contribution < -0.4 is 9.80 Å². The SMILES string of the molecule is Brc1c(N(c2ccccc2)c2ccccc2)cccc1N(c1ccccc1)c1ccccc1. The van der Waals surface area contributed by atoms with Gasteiger partial charge in [-0.1, -0.05) is 78.9 Å². The zero-order valence-corrected chi connectivity index (χ0v) is 19.6. The Morgan fingerprint density at radius 2 is 0.606 bits per heavy atom. The molecule has 0 heterocycles. The average Bonchev–Trinajstić information content (AvgIpc) is 2.89. The van der Waals surface area contributed by atoms with Crippen LogP contribution in [-0.2, 0) is 0 Å². The molecule has 160 valence electrons. The van der Waals surface area contributed by atoms with Crippen molar-refractivity contribution >= 4 is 50.1 Å². The molecule has 0 fully saturated rings. The third kappa shape index (κ3) is 4.41. The van der Waals surface area contributed by atoms with E-state index < -0.39 is 0 Å². The highest BCUT2D eigenvalue weighted by atomic mass is 79.9. The molecule has 0 radical (unpaired) electrons. The van der Waals surface area contributed by atoms with Crippen LogP contribution in [0, 0.1) is 0 Å². The van der Waals surface area contributed by atoms with Gasteiger partial charge >= 0.3 is 0 Å². The van der Waals surface area contributed by atoms with Crippen LogP contribution in [0.4, 0.5) is 34.1 Å². The molecule has 0 saturated heterocycles. The van der Waals surface area contributed by atoms with E-state index in [0.717, 1.165) is 38.6 Å². The quantitative estimate of drug-likeness (QED) is 0.233. The molecule has 0 amide bonds. The van der Waals surface area contributed by atoms with Crippen LogP contribution in [0.15, 0.2) is 144 Å². The summed E-state index contributed by atoms with van der Waals surface area (Å²) in [7, 11) is 0. The van der Waals surface area contributed by atoms with E-state index in [0.29, 0.717) is 0 Å². The van der Waals surface area contributed by atoms with E-state index in [9.17, 15) is 0 Å². The third-order valence-corrected chi connectivity index (χ3v) is 6.31. The lowest BCUT2D eigenvalue weighted by molar-refractivity contribution is 1.23. The Morgan fingerprint density at radius 3 is 0.879 bits per heavy atom. The predicted molar refractivity (Wildman–Crippen MR) is 144 cm³/mol. The Hall–Kier alpha value is -3.82. The van der Waals surface area contributed by atoms with Gasteiger partial charge in [-0.25, -0.2) is 0 Å². The minimum Gasteiger partial charge on any atom is -0.309 e. The second-order valence-electron chi connectivity index (χ2n) is 7.62. The summed E-state index contributed by atoms with van der Waals surface area (Å²) in [6, 6.07) is 48.3. The summed E-state index contributed by atoms with van der Waals surface area (Å²) in [6.07, 6.45) is 0. The van der Waals surface area contributed by atoms with Crippen LogP contribution in [0.25, 0.3) is 0 Å². The van der Waals surface area contributed by atoms with Gasteiger partial charge in [-0.05, 0) is 76.6 Å². The lowest BCUT2D eigenvalue weighted by Gasteiger charge is -2.31. The fraction of sp³-hybridized carbons (Fsp3) is 0. The minimum absolute atomic E-state index is 1.02. The highest BCUT2D eigenvalue weighted by Crippen LogP contribution is 2.46. The van der Waals surface area contributed by atoms with Crippen molar-refractivity contribution in [3.63, 3.8) is 0 Å². The molecule has 0 aromatic heterocycles. The molecular formula is C30H23BrN2. The number of hydrogen-bond acceptors (Lipinski definition) is 2. The zero-order chi connectivity index (χ0) is 22.5. The maximum absolute atomic E-state index is 3.99. The van der Waals surface area contributed by atoms with Gasteiger partial charge in [0.1, 0.15) is 0 Å². The van der Waals surface area contributed by atoms with Crippen molar-refractivity contribution < 1.29 is 0 Å². The molecule has 0 saturated carbocycles. The summed E-state index contributed by atoms with van der Waals surface area (Å²) in [5.41, 5.74) is 6.56. The maximum Gasteiger partial charge on any atom is 0.0656 e. The van der Waals surface area contributed by atoms with E-state index >= 15 is 0 Å². The number of rotatable bonds is 6. The summed E-state index contributed by atoms with van der Waals surface area (Å²) in [6.45, 7) is 0. The predicted octanol–water partition coefficient (Wildman–Crippen LogP) is 9.39. The molecule has 0 N–H and O–H groups in total. The van der Waals surface area contributed by atoms with Gasteiger partial charge in [0, 0.05) is 22.7 Å². The van der Waals surface area contributed by atoms with Crippen molar-refractivity contribution in [1.29, 1.82) is 0 Å². The van der Waals surface area contributed by atoms with Crippen molar-refractivity contribution in [2.24, 2.45) is 0 Å². The van der Waals surface area contributed by atoms with Gasteiger partial charge in [0.05, 0.1) is 15.8 Å². The van der Waals surface area contributed by atoms with Crippen molar-refractivity contribution in [3.05, 3.63) is 144 Å². The highest BCUT2D eigenvalue weighted by molar-refractivity contribution is 9.10. The van der Waals surface area contributed by atoms with E-state index in [-0.39, 0.29) is 0 Å². The van der Waals surface area contributed by atoms with Crippen molar-refractivity contribution in [1.82, 2.24) is 0 Å². The maximum atomic E-state index is 3.99. The summed E-state index contributed by atoms with van der Waals surface area (Å²) in [4.78, 5) is 4.56. The third-order valence-electron chi connectivity index (χ3n) is 5.50. The Labute approximate surface area is 203 Å². The molecule has 2 nitrogen and oxygen atoms in total. The second kappa shape index (κ2) is 9.76. The molecule has 5 aromatic carbocycles. The largest absolute Gasteiger partial charge is 0.309 e. The fourth-order valence-corrected chi connectivity index (χ4v) is 4.64. The van der Waals surface area contributed by atoms with Crippen molar-refractivity contribution in [2.75, 3.05) is 9.80 Å². The molecule has 5 aromatic rings. The molecule has 3 heteroatoms. The summed E-state index contributed by atoms with van der Waals surface area (Å²) >= 11 is 3.99. The first-order chi connectivity index (χ1) is 16.3. The van der Waals surface area contributed by atoms with Crippen LogP contribution in [0.5, 0.6) is 0 Å². The lowest BCUT2D eigenvalue weighted by Crippen LogP contribution is -2.14. The van der Waals surface area contributed by atoms with Crippen LogP contribution >= 0.6 is 15.9 Å². The Balaban J connectivity index is 1.70. The minimum atomic E-state index is 1.02. The first kappa shape index (κ1) is 21.0.